The van der Waals surface area contributed by atoms with Crippen molar-refractivity contribution in [3.05, 3.63) is 53.5 Å². The van der Waals surface area contributed by atoms with Crippen LogP contribution in [0.4, 0.5) is 5.69 Å². The van der Waals surface area contributed by atoms with Gasteiger partial charge in [-0.05, 0) is 67.5 Å². The number of furan rings is 1. The van der Waals surface area contributed by atoms with E-state index in [0.29, 0.717) is 12.6 Å². The summed E-state index contributed by atoms with van der Waals surface area (Å²) in [5.41, 5.74) is 3.66. The van der Waals surface area contributed by atoms with Crippen LogP contribution in [-0.2, 0) is 29.0 Å². The third-order valence-corrected chi connectivity index (χ3v) is 6.77. The summed E-state index contributed by atoms with van der Waals surface area (Å²) in [7, 11) is 0. The highest BCUT2D eigenvalue weighted by Crippen LogP contribution is 2.28. The smallest absolute Gasteiger partial charge is 0.253 e. The first-order valence-electron chi connectivity index (χ1n) is 11.3. The summed E-state index contributed by atoms with van der Waals surface area (Å²) >= 11 is 0. The number of anilines is 1. The maximum Gasteiger partial charge on any atom is 0.253 e. The van der Waals surface area contributed by atoms with Gasteiger partial charge in [0.2, 0.25) is 0 Å². The molecule has 6 heteroatoms. The second-order valence-corrected chi connectivity index (χ2v) is 8.78. The van der Waals surface area contributed by atoms with Gasteiger partial charge >= 0.3 is 0 Å². The molecular weight excluding hydrogens is 378 g/mol. The van der Waals surface area contributed by atoms with Crippen LogP contribution in [-0.4, -0.2) is 54.1 Å². The Morgan fingerprint density at radius 3 is 2.77 bits per heavy atom. The number of fused-ring (bicyclic) bond motifs is 1. The average Bonchev–Trinajstić information content (AvgIpc) is 3.48. The van der Waals surface area contributed by atoms with Crippen LogP contribution in [0.15, 0.2) is 41.0 Å². The summed E-state index contributed by atoms with van der Waals surface area (Å²) < 4.78 is 11.0. The van der Waals surface area contributed by atoms with E-state index in [1.54, 1.807) is 6.26 Å². The van der Waals surface area contributed by atoms with E-state index in [1.807, 2.05) is 12.1 Å². The van der Waals surface area contributed by atoms with Gasteiger partial charge in [0.25, 0.3) is 5.91 Å². The summed E-state index contributed by atoms with van der Waals surface area (Å²) in [6.45, 7) is 5.94. The Morgan fingerprint density at radius 1 is 1.10 bits per heavy atom. The van der Waals surface area contributed by atoms with Crippen molar-refractivity contribution in [2.75, 3.05) is 31.6 Å². The number of benzene rings is 1. The van der Waals surface area contributed by atoms with Gasteiger partial charge in [0.05, 0.1) is 12.8 Å². The fourth-order valence-corrected chi connectivity index (χ4v) is 5.04. The number of nitrogens with zero attached hydrogens (tertiary/aromatic N) is 2. The van der Waals surface area contributed by atoms with E-state index in [-0.39, 0.29) is 12.0 Å². The van der Waals surface area contributed by atoms with Gasteiger partial charge in [-0.2, -0.15) is 0 Å². The molecule has 6 nitrogen and oxygen atoms in total. The minimum atomic E-state index is -0.288. The second kappa shape index (κ2) is 8.92. The molecule has 30 heavy (non-hydrogen) atoms. The molecule has 4 heterocycles. The zero-order valence-electron chi connectivity index (χ0n) is 17.5. The first-order chi connectivity index (χ1) is 14.7. The first-order valence-corrected chi connectivity index (χ1v) is 11.3. The first kappa shape index (κ1) is 19.8. The predicted molar refractivity (Wildman–Crippen MR) is 115 cm³/mol. The molecule has 0 aliphatic carbocycles. The lowest BCUT2D eigenvalue weighted by atomic mass is 9.95. The van der Waals surface area contributed by atoms with E-state index < -0.39 is 0 Å². The van der Waals surface area contributed by atoms with Crippen LogP contribution in [0, 0.1) is 0 Å². The molecule has 5 rings (SSSR count). The van der Waals surface area contributed by atoms with Crippen molar-refractivity contribution in [3.63, 3.8) is 0 Å². The molecule has 0 saturated carbocycles. The van der Waals surface area contributed by atoms with Crippen LogP contribution in [0.5, 0.6) is 0 Å². The Hall–Kier alpha value is -2.15. The van der Waals surface area contributed by atoms with E-state index in [0.717, 1.165) is 63.4 Å². The van der Waals surface area contributed by atoms with Gasteiger partial charge in [-0.1, -0.05) is 6.07 Å². The number of amides is 1. The van der Waals surface area contributed by atoms with Gasteiger partial charge in [-0.15, -0.1) is 0 Å². The molecule has 1 unspecified atom stereocenters. The quantitative estimate of drug-likeness (QED) is 0.820. The highest BCUT2D eigenvalue weighted by atomic mass is 16.5. The number of rotatable bonds is 5. The number of ether oxygens (including phenoxy) is 1. The molecular formula is C24H31N3O3. The number of hydrogen-bond acceptors (Lipinski definition) is 5. The van der Waals surface area contributed by atoms with Crippen molar-refractivity contribution in [1.82, 2.24) is 9.80 Å². The summed E-state index contributed by atoms with van der Waals surface area (Å²) in [6.07, 6.45) is 6.74. The van der Waals surface area contributed by atoms with Crippen LogP contribution in [0.3, 0.4) is 0 Å². The fraction of sp³-hybridized carbons (Fsp3) is 0.542. The standard InChI is InChI=1S/C24H31N3O3/c28-24(23-4-2-14-30-23)25-20-6-5-18-7-12-27(16-19(18)15-20)21-8-10-26(11-9-21)17-22-3-1-13-29-22/h1,3,5-6,13,15,21,23H,2,4,7-12,14,16-17H2,(H,25,28). The number of piperidine rings is 1. The van der Waals surface area contributed by atoms with E-state index in [2.05, 4.69) is 33.3 Å². The van der Waals surface area contributed by atoms with Crippen molar-refractivity contribution < 1.29 is 13.9 Å². The molecule has 2 fully saturated rings. The molecule has 1 aromatic carbocycles. The van der Waals surface area contributed by atoms with E-state index in [4.69, 9.17) is 9.15 Å². The summed E-state index contributed by atoms with van der Waals surface area (Å²) in [5, 5.41) is 3.06. The summed E-state index contributed by atoms with van der Waals surface area (Å²) in [4.78, 5) is 17.5. The zero-order chi connectivity index (χ0) is 20.3. The molecule has 1 aromatic heterocycles. The highest BCUT2D eigenvalue weighted by molar-refractivity contribution is 5.94. The third kappa shape index (κ3) is 4.46. The minimum Gasteiger partial charge on any atom is -0.468 e. The lowest BCUT2D eigenvalue weighted by Crippen LogP contribution is -2.46. The van der Waals surface area contributed by atoms with Crippen molar-refractivity contribution in [1.29, 1.82) is 0 Å². The largest absolute Gasteiger partial charge is 0.468 e. The molecule has 1 amide bonds. The van der Waals surface area contributed by atoms with Gasteiger partial charge in [-0.25, -0.2) is 0 Å². The maximum absolute atomic E-state index is 12.4. The SMILES string of the molecule is O=C(Nc1ccc2c(c1)CN(C1CCN(Cc3ccco3)CC1)CC2)C1CCCO1. The van der Waals surface area contributed by atoms with Crippen LogP contribution in [0.1, 0.15) is 42.6 Å². The van der Waals surface area contributed by atoms with Crippen molar-refractivity contribution in [2.45, 2.75) is 57.3 Å². The van der Waals surface area contributed by atoms with Crippen molar-refractivity contribution in [2.24, 2.45) is 0 Å². The second-order valence-electron chi connectivity index (χ2n) is 8.78. The highest BCUT2D eigenvalue weighted by Gasteiger charge is 2.28. The van der Waals surface area contributed by atoms with Crippen molar-refractivity contribution >= 4 is 11.6 Å². The molecule has 160 valence electrons. The van der Waals surface area contributed by atoms with Crippen molar-refractivity contribution in [3.8, 4) is 0 Å². The topological polar surface area (TPSA) is 58.0 Å². The fourth-order valence-electron chi connectivity index (χ4n) is 5.04. The molecule has 3 aliphatic heterocycles. The van der Waals surface area contributed by atoms with E-state index >= 15 is 0 Å². The number of carbonyl (C=O) groups is 1. The summed E-state index contributed by atoms with van der Waals surface area (Å²) in [6, 6.07) is 11.0. The van der Waals surface area contributed by atoms with Gasteiger partial charge in [0, 0.05) is 44.5 Å². The Morgan fingerprint density at radius 2 is 2.00 bits per heavy atom. The number of hydrogen-bond donors (Lipinski definition) is 1. The minimum absolute atomic E-state index is 0.0101. The number of carbonyl (C=O) groups excluding carboxylic acids is 1. The Kier molecular flexibility index (Phi) is 5.88. The maximum atomic E-state index is 12.4. The molecule has 1 N–H and O–H groups in total. The normalized spacial score (nSPS) is 23.4. The predicted octanol–water partition coefficient (Wildman–Crippen LogP) is 3.42. The van der Waals surface area contributed by atoms with Gasteiger partial charge in [-0.3, -0.25) is 14.6 Å². The molecule has 0 spiro atoms. The number of likely N-dealkylation sites (tertiary alicyclic amines) is 1. The summed E-state index contributed by atoms with van der Waals surface area (Å²) in [5.74, 6) is 1.04. The van der Waals surface area contributed by atoms with Crippen LogP contribution >= 0.6 is 0 Å². The van der Waals surface area contributed by atoms with Gasteiger partial charge < -0.3 is 14.5 Å². The zero-order valence-corrected chi connectivity index (χ0v) is 17.5. The van der Waals surface area contributed by atoms with Crippen LogP contribution < -0.4 is 5.32 Å². The van der Waals surface area contributed by atoms with Crippen LogP contribution in [0.25, 0.3) is 0 Å². The van der Waals surface area contributed by atoms with Gasteiger partial charge in [0.1, 0.15) is 11.9 Å². The van der Waals surface area contributed by atoms with E-state index in [1.165, 1.54) is 24.0 Å². The Labute approximate surface area is 178 Å². The average molecular weight is 410 g/mol. The molecule has 0 radical (unpaired) electrons. The Bertz CT molecular complexity index is 853. The monoisotopic (exact) mass is 409 g/mol. The molecule has 2 saturated heterocycles. The molecule has 0 bridgehead atoms. The molecule has 1 atom stereocenters. The van der Waals surface area contributed by atoms with Crippen LogP contribution in [0.2, 0.25) is 0 Å². The van der Waals surface area contributed by atoms with Gasteiger partial charge in [0.15, 0.2) is 0 Å². The Balaban J connectivity index is 1.17. The van der Waals surface area contributed by atoms with E-state index in [9.17, 15) is 4.79 Å². The third-order valence-electron chi connectivity index (χ3n) is 6.77. The molecule has 3 aliphatic rings. The lowest BCUT2D eigenvalue weighted by molar-refractivity contribution is -0.124. The number of nitrogens with one attached hydrogen (secondary N) is 1. The lowest BCUT2D eigenvalue weighted by Gasteiger charge is -2.40. The molecule has 2 aromatic rings.